The maximum absolute atomic E-state index is 13.0. The quantitative estimate of drug-likeness (QED) is 0.619. The number of likely N-dealkylation sites (tertiary alicyclic amines) is 1. The fourth-order valence-electron chi connectivity index (χ4n) is 4.21. The second-order valence-corrected chi connectivity index (χ2v) is 7.25. The Kier molecular flexibility index (Phi) is 5.55. The molecule has 0 saturated carbocycles. The van der Waals surface area contributed by atoms with Gasteiger partial charge >= 0.3 is 5.63 Å². The maximum Gasteiger partial charge on any atom is 0.345 e. The number of aromatic hydroxyl groups is 1. The molecule has 7 heteroatoms. The summed E-state index contributed by atoms with van der Waals surface area (Å²) in [5, 5.41) is 11.6. The zero-order chi connectivity index (χ0) is 21.3. The van der Waals surface area contributed by atoms with E-state index in [9.17, 15) is 9.90 Å². The lowest BCUT2D eigenvalue weighted by molar-refractivity contribution is 0.266. The van der Waals surface area contributed by atoms with Crippen LogP contribution in [0.1, 0.15) is 30.0 Å². The smallest absolute Gasteiger partial charge is 0.345 e. The van der Waals surface area contributed by atoms with Crippen molar-refractivity contribution in [1.29, 1.82) is 0 Å². The largest absolute Gasteiger partial charge is 0.507 e. The summed E-state index contributed by atoms with van der Waals surface area (Å²) in [4.78, 5) is 15.2. The number of methoxy groups -OCH3 is 3. The molecule has 1 atom stereocenters. The van der Waals surface area contributed by atoms with Gasteiger partial charge in [0.2, 0.25) is 5.75 Å². The Morgan fingerprint density at radius 2 is 1.63 bits per heavy atom. The van der Waals surface area contributed by atoms with Crippen LogP contribution in [0.15, 0.2) is 45.6 Å². The third kappa shape index (κ3) is 3.35. The molecule has 1 fully saturated rings. The van der Waals surface area contributed by atoms with E-state index in [0.717, 1.165) is 31.5 Å². The molecule has 0 spiro atoms. The molecule has 2 aromatic carbocycles. The van der Waals surface area contributed by atoms with E-state index in [2.05, 4.69) is 4.90 Å². The molecule has 158 valence electrons. The summed E-state index contributed by atoms with van der Waals surface area (Å²) >= 11 is 0. The van der Waals surface area contributed by atoms with E-state index in [4.69, 9.17) is 18.6 Å². The van der Waals surface area contributed by atoms with Crippen LogP contribution in [-0.2, 0) is 0 Å². The Labute approximate surface area is 174 Å². The van der Waals surface area contributed by atoms with E-state index in [-0.39, 0.29) is 11.3 Å². The van der Waals surface area contributed by atoms with Crippen molar-refractivity contribution in [2.75, 3.05) is 34.4 Å². The minimum atomic E-state index is -0.558. The third-order valence-corrected chi connectivity index (χ3v) is 5.60. The van der Waals surface area contributed by atoms with Crippen LogP contribution >= 0.6 is 0 Å². The monoisotopic (exact) mass is 411 g/mol. The number of rotatable bonds is 6. The van der Waals surface area contributed by atoms with E-state index in [0.29, 0.717) is 28.2 Å². The van der Waals surface area contributed by atoms with Crippen molar-refractivity contribution in [3.8, 4) is 23.0 Å². The second kappa shape index (κ2) is 8.28. The summed E-state index contributed by atoms with van der Waals surface area (Å²) < 4.78 is 22.0. The molecule has 3 aromatic rings. The van der Waals surface area contributed by atoms with Crippen LogP contribution in [0.4, 0.5) is 0 Å². The van der Waals surface area contributed by atoms with Gasteiger partial charge in [-0.15, -0.1) is 0 Å². The van der Waals surface area contributed by atoms with Gasteiger partial charge in [-0.1, -0.05) is 12.1 Å². The van der Waals surface area contributed by atoms with Gasteiger partial charge in [0.05, 0.1) is 32.8 Å². The first-order valence-corrected chi connectivity index (χ1v) is 9.87. The van der Waals surface area contributed by atoms with Gasteiger partial charge in [0, 0.05) is 0 Å². The summed E-state index contributed by atoms with van der Waals surface area (Å²) in [6, 6.07) is 10.1. The molecule has 1 N–H and O–H groups in total. The number of para-hydroxylation sites is 1. The molecular weight excluding hydrogens is 386 g/mol. The van der Waals surface area contributed by atoms with E-state index in [1.54, 1.807) is 45.6 Å². The summed E-state index contributed by atoms with van der Waals surface area (Å²) in [5.74, 6) is 1.38. The molecule has 0 aliphatic carbocycles. The first kappa shape index (κ1) is 20.1. The van der Waals surface area contributed by atoms with Gasteiger partial charge in [-0.05, 0) is 55.8 Å². The van der Waals surface area contributed by atoms with Crippen molar-refractivity contribution in [1.82, 2.24) is 4.90 Å². The van der Waals surface area contributed by atoms with Crippen molar-refractivity contribution in [3.05, 3.63) is 57.9 Å². The predicted molar refractivity (Wildman–Crippen MR) is 113 cm³/mol. The van der Waals surface area contributed by atoms with E-state index in [1.165, 1.54) is 0 Å². The SMILES string of the molecule is COc1cc([C@@H](c2c(O)c3ccccc3oc2=O)N2CCCC2)cc(OC)c1OC. The molecular formula is C23H25NO6. The van der Waals surface area contributed by atoms with E-state index < -0.39 is 11.7 Å². The summed E-state index contributed by atoms with van der Waals surface area (Å²) in [6.45, 7) is 1.60. The lowest BCUT2D eigenvalue weighted by Crippen LogP contribution is -2.30. The Hall–Kier alpha value is -3.19. The predicted octanol–water partition coefficient (Wildman–Crippen LogP) is 3.71. The van der Waals surface area contributed by atoms with Crippen molar-refractivity contribution in [2.24, 2.45) is 0 Å². The van der Waals surface area contributed by atoms with Gasteiger partial charge in [0.15, 0.2) is 11.5 Å². The first-order valence-electron chi connectivity index (χ1n) is 9.87. The van der Waals surface area contributed by atoms with Gasteiger partial charge in [0.1, 0.15) is 16.9 Å². The average Bonchev–Trinajstić information content (AvgIpc) is 3.29. The standard InChI is InChI=1S/C23H25NO6/c1-27-17-12-14(13-18(28-2)22(17)29-3)20(24-10-6-7-11-24)19-21(25)15-8-4-5-9-16(15)30-23(19)26/h4-5,8-9,12-13,20,25H,6-7,10-11H2,1-3H3/t20-/m0/s1. The molecule has 1 aromatic heterocycles. The number of benzene rings is 2. The zero-order valence-electron chi connectivity index (χ0n) is 17.3. The van der Waals surface area contributed by atoms with Crippen LogP contribution in [0, 0.1) is 0 Å². The second-order valence-electron chi connectivity index (χ2n) is 7.25. The van der Waals surface area contributed by atoms with Gasteiger partial charge in [-0.3, -0.25) is 4.90 Å². The Morgan fingerprint density at radius 3 is 2.23 bits per heavy atom. The van der Waals surface area contributed by atoms with Crippen LogP contribution in [0.5, 0.6) is 23.0 Å². The Bertz CT molecular complexity index is 1090. The maximum atomic E-state index is 13.0. The molecule has 1 aliphatic heterocycles. The highest BCUT2D eigenvalue weighted by molar-refractivity contribution is 5.84. The first-order chi connectivity index (χ1) is 14.6. The molecule has 1 aliphatic rings. The lowest BCUT2D eigenvalue weighted by Gasteiger charge is -2.29. The van der Waals surface area contributed by atoms with Crippen LogP contribution in [0.2, 0.25) is 0 Å². The normalized spacial score (nSPS) is 15.3. The molecule has 0 amide bonds. The molecule has 4 rings (SSSR count). The van der Waals surface area contributed by atoms with Crippen molar-refractivity contribution in [3.63, 3.8) is 0 Å². The minimum absolute atomic E-state index is 0.0625. The number of ether oxygens (including phenoxy) is 3. The van der Waals surface area contributed by atoms with Gasteiger partial charge in [-0.2, -0.15) is 0 Å². The number of hydrogen-bond acceptors (Lipinski definition) is 7. The molecule has 0 unspecified atom stereocenters. The highest BCUT2D eigenvalue weighted by Gasteiger charge is 2.33. The summed E-state index contributed by atoms with van der Waals surface area (Å²) in [6.07, 6.45) is 2.03. The molecule has 0 bridgehead atoms. The lowest BCUT2D eigenvalue weighted by atomic mass is 9.95. The van der Waals surface area contributed by atoms with E-state index in [1.807, 2.05) is 12.1 Å². The summed E-state index contributed by atoms with van der Waals surface area (Å²) in [7, 11) is 4.64. The molecule has 30 heavy (non-hydrogen) atoms. The molecule has 1 saturated heterocycles. The van der Waals surface area contributed by atoms with Crippen LogP contribution in [0.25, 0.3) is 11.0 Å². The molecule has 7 nitrogen and oxygen atoms in total. The fourth-order valence-corrected chi connectivity index (χ4v) is 4.21. The number of fused-ring (bicyclic) bond motifs is 1. The van der Waals surface area contributed by atoms with Gasteiger partial charge in [-0.25, -0.2) is 4.79 Å². The van der Waals surface area contributed by atoms with Crippen LogP contribution < -0.4 is 19.8 Å². The zero-order valence-corrected chi connectivity index (χ0v) is 17.3. The fraction of sp³-hybridized carbons (Fsp3) is 0.348. The number of hydrogen-bond donors (Lipinski definition) is 1. The van der Waals surface area contributed by atoms with Crippen molar-refractivity contribution in [2.45, 2.75) is 18.9 Å². The highest BCUT2D eigenvalue weighted by atomic mass is 16.5. The Morgan fingerprint density at radius 1 is 1.00 bits per heavy atom. The van der Waals surface area contributed by atoms with Gasteiger partial charge in [0.25, 0.3) is 0 Å². The number of nitrogens with zero attached hydrogens (tertiary/aromatic N) is 1. The Balaban J connectivity index is 1.98. The average molecular weight is 411 g/mol. The third-order valence-electron chi connectivity index (χ3n) is 5.60. The topological polar surface area (TPSA) is 81.4 Å². The van der Waals surface area contributed by atoms with Crippen LogP contribution in [-0.4, -0.2) is 44.4 Å². The van der Waals surface area contributed by atoms with E-state index >= 15 is 0 Å². The molecule has 0 radical (unpaired) electrons. The molecule has 2 heterocycles. The van der Waals surface area contributed by atoms with Crippen LogP contribution in [0.3, 0.4) is 0 Å². The van der Waals surface area contributed by atoms with Crippen molar-refractivity contribution >= 4 is 11.0 Å². The van der Waals surface area contributed by atoms with Gasteiger partial charge < -0.3 is 23.7 Å². The van der Waals surface area contributed by atoms with Crippen molar-refractivity contribution < 1.29 is 23.7 Å². The highest BCUT2D eigenvalue weighted by Crippen LogP contribution is 2.44. The summed E-state index contributed by atoms with van der Waals surface area (Å²) in [5.41, 5.74) is 0.764. The minimum Gasteiger partial charge on any atom is -0.507 e.